The minimum absolute atomic E-state index is 0.0600. The topological polar surface area (TPSA) is 59.3 Å². The van der Waals surface area contributed by atoms with Crippen molar-refractivity contribution < 1.29 is 9.59 Å². The SMILES string of the molecule is C[C@@]1(C(=O)NC2CCCC2)Cn2c(c(-n3cccc3)c3ccccc32)C(=O)N1Cc1cccs1. The van der Waals surface area contributed by atoms with E-state index >= 15 is 0 Å². The fraction of sp³-hybridized carbons (Fsp3) is 0.333. The number of benzene rings is 1. The summed E-state index contributed by atoms with van der Waals surface area (Å²) in [6, 6.07) is 16.3. The Bertz CT molecular complexity index is 1350. The first-order valence-electron chi connectivity index (χ1n) is 12.0. The molecule has 34 heavy (non-hydrogen) atoms. The van der Waals surface area contributed by atoms with E-state index in [1.54, 1.807) is 16.2 Å². The molecule has 4 heterocycles. The Hall–Kier alpha value is -3.32. The summed E-state index contributed by atoms with van der Waals surface area (Å²) in [6.45, 7) is 2.76. The number of nitrogens with one attached hydrogen (secondary N) is 1. The van der Waals surface area contributed by atoms with E-state index in [1.165, 1.54) is 0 Å². The maximum absolute atomic E-state index is 14.3. The van der Waals surface area contributed by atoms with Crippen LogP contribution in [0.4, 0.5) is 0 Å². The maximum Gasteiger partial charge on any atom is 0.273 e. The lowest BCUT2D eigenvalue weighted by molar-refractivity contribution is -0.133. The van der Waals surface area contributed by atoms with Crippen LogP contribution in [0.2, 0.25) is 0 Å². The average molecular weight is 473 g/mol. The number of carbonyl (C=O) groups is 2. The highest BCUT2D eigenvalue weighted by atomic mass is 32.1. The Kier molecular flexibility index (Phi) is 5.10. The second-order valence-electron chi connectivity index (χ2n) is 9.59. The number of carbonyl (C=O) groups excluding carboxylic acids is 2. The van der Waals surface area contributed by atoms with Crippen LogP contribution in [0.5, 0.6) is 0 Å². The first kappa shape index (κ1) is 21.2. The van der Waals surface area contributed by atoms with Crippen LogP contribution in [-0.4, -0.2) is 37.4 Å². The van der Waals surface area contributed by atoms with Gasteiger partial charge >= 0.3 is 0 Å². The molecular weight excluding hydrogens is 444 g/mol. The third kappa shape index (κ3) is 3.29. The number of rotatable bonds is 5. The van der Waals surface area contributed by atoms with Gasteiger partial charge in [-0.15, -0.1) is 11.3 Å². The number of thiophene rings is 1. The molecule has 2 amide bonds. The zero-order valence-electron chi connectivity index (χ0n) is 19.2. The summed E-state index contributed by atoms with van der Waals surface area (Å²) in [7, 11) is 0. The van der Waals surface area contributed by atoms with Crippen LogP contribution in [-0.2, 0) is 17.9 Å². The second kappa shape index (κ2) is 8.17. The van der Waals surface area contributed by atoms with Gasteiger partial charge in [0.05, 0.1) is 24.3 Å². The normalized spacial score (nSPS) is 20.7. The van der Waals surface area contributed by atoms with Gasteiger partial charge in [0.2, 0.25) is 5.91 Å². The lowest BCUT2D eigenvalue weighted by atomic mass is 9.93. The molecule has 1 aliphatic carbocycles. The van der Waals surface area contributed by atoms with Crippen molar-refractivity contribution in [3.63, 3.8) is 0 Å². The fourth-order valence-corrected chi connectivity index (χ4v) is 6.26. The summed E-state index contributed by atoms with van der Waals surface area (Å²) in [5, 5.41) is 6.31. The summed E-state index contributed by atoms with van der Waals surface area (Å²) < 4.78 is 4.07. The predicted octanol–water partition coefficient (Wildman–Crippen LogP) is 4.97. The van der Waals surface area contributed by atoms with Gasteiger partial charge in [-0.3, -0.25) is 9.59 Å². The number of aromatic nitrogens is 2. The molecule has 4 aromatic rings. The number of hydrogen-bond donors (Lipinski definition) is 1. The summed E-state index contributed by atoms with van der Waals surface area (Å²) in [5.41, 5.74) is 1.50. The van der Waals surface area contributed by atoms with Crippen LogP contribution in [0, 0.1) is 0 Å². The molecule has 1 aromatic carbocycles. The van der Waals surface area contributed by atoms with Crippen molar-refractivity contribution in [2.75, 3.05) is 0 Å². The van der Waals surface area contributed by atoms with E-state index in [2.05, 4.69) is 16.0 Å². The molecule has 1 fully saturated rings. The Morgan fingerprint density at radius 3 is 2.59 bits per heavy atom. The first-order valence-corrected chi connectivity index (χ1v) is 12.8. The highest BCUT2D eigenvalue weighted by Crippen LogP contribution is 2.39. The van der Waals surface area contributed by atoms with E-state index in [-0.39, 0.29) is 17.9 Å². The van der Waals surface area contributed by atoms with Gasteiger partial charge in [-0.1, -0.05) is 37.1 Å². The number of hydrogen-bond acceptors (Lipinski definition) is 3. The molecule has 6 nitrogen and oxygen atoms in total. The van der Waals surface area contributed by atoms with Crippen molar-refractivity contribution >= 4 is 34.1 Å². The highest BCUT2D eigenvalue weighted by molar-refractivity contribution is 7.09. The molecule has 0 bridgehead atoms. The molecule has 174 valence electrons. The van der Waals surface area contributed by atoms with Crippen molar-refractivity contribution in [3.8, 4) is 5.69 Å². The van der Waals surface area contributed by atoms with Crippen LogP contribution >= 0.6 is 11.3 Å². The molecule has 1 saturated carbocycles. The van der Waals surface area contributed by atoms with Crippen molar-refractivity contribution in [2.24, 2.45) is 0 Å². The van der Waals surface area contributed by atoms with E-state index in [9.17, 15) is 9.59 Å². The van der Waals surface area contributed by atoms with Gasteiger partial charge in [0.15, 0.2) is 0 Å². The summed E-state index contributed by atoms with van der Waals surface area (Å²) in [5.74, 6) is -0.168. The third-order valence-corrected chi connectivity index (χ3v) is 8.25. The molecule has 0 unspecified atom stereocenters. The molecule has 0 radical (unpaired) electrons. The van der Waals surface area contributed by atoms with Crippen molar-refractivity contribution in [2.45, 2.75) is 57.3 Å². The van der Waals surface area contributed by atoms with Crippen LogP contribution in [0.1, 0.15) is 48.0 Å². The molecule has 0 spiro atoms. The Morgan fingerprint density at radius 2 is 1.85 bits per heavy atom. The fourth-order valence-electron chi connectivity index (χ4n) is 5.57. The van der Waals surface area contributed by atoms with Crippen molar-refractivity contribution in [1.29, 1.82) is 0 Å². The molecule has 3 aromatic heterocycles. The van der Waals surface area contributed by atoms with Gasteiger partial charge in [-0.2, -0.15) is 0 Å². The van der Waals surface area contributed by atoms with Crippen LogP contribution < -0.4 is 5.32 Å². The minimum Gasteiger partial charge on any atom is -0.351 e. The molecule has 1 N–H and O–H groups in total. The zero-order chi connectivity index (χ0) is 23.3. The van der Waals surface area contributed by atoms with E-state index in [1.807, 2.05) is 71.7 Å². The van der Waals surface area contributed by atoms with Crippen LogP contribution in [0.15, 0.2) is 66.3 Å². The molecule has 1 atom stereocenters. The number of nitrogens with zero attached hydrogens (tertiary/aromatic N) is 3. The van der Waals surface area contributed by atoms with Gasteiger partial charge in [-0.25, -0.2) is 0 Å². The number of amides is 2. The van der Waals surface area contributed by atoms with Crippen molar-refractivity contribution in [1.82, 2.24) is 19.4 Å². The smallest absolute Gasteiger partial charge is 0.273 e. The molecule has 0 saturated heterocycles. The van der Waals surface area contributed by atoms with E-state index in [0.717, 1.165) is 47.2 Å². The van der Waals surface area contributed by atoms with E-state index in [0.29, 0.717) is 18.8 Å². The van der Waals surface area contributed by atoms with Gasteiger partial charge in [-0.05, 0) is 49.4 Å². The van der Waals surface area contributed by atoms with Gasteiger partial charge in [0.1, 0.15) is 11.2 Å². The summed E-state index contributed by atoms with van der Waals surface area (Å²) in [6.07, 6.45) is 8.25. The molecule has 2 aliphatic rings. The van der Waals surface area contributed by atoms with Crippen LogP contribution in [0.3, 0.4) is 0 Å². The Balaban J connectivity index is 1.52. The van der Waals surface area contributed by atoms with Crippen molar-refractivity contribution in [3.05, 3.63) is 76.9 Å². The lowest BCUT2D eigenvalue weighted by Crippen LogP contribution is -2.64. The van der Waals surface area contributed by atoms with Gasteiger partial charge in [0, 0.05) is 28.7 Å². The third-order valence-electron chi connectivity index (χ3n) is 7.39. The monoisotopic (exact) mass is 472 g/mol. The predicted molar refractivity (Wildman–Crippen MR) is 134 cm³/mol. The van der Waals surface area contributed by atoms with Crippen LogP contribution in [0.25, 0.3) is 16.6 Å². The maximum atomic E-state index is 14.3. The lowest BCUT2D eigenvalue weighted by Gasteiger charge is -2.44. The minimum atomic E-state index is -0.994. The van der Waals surface area contributed by atoms with E-state index in [4.69, 9.17) is 0 Å². The van der Waals surface area contributed by atoms with Gasteiger partial charge in [0.25, 0.3) is 5.91 Å². The van der Waals surface area contributed by atoms with E-state index < -0.39 is 5.54 Å². The number of fused-ring (bicyclic) bond motifs is 3. The Labute approximate surface area is 202 Å². The standard InChI is InChI=1S/C27H28N4O2S/c1-27(26(33)28-19-9-2-3-10-19)18-30-22-13-5-4-12-21(22)23(29-14-6-7-15-29)24(30)25(32)31(27)17-20-11-8-16-34-20/h4-8,11-16,19H,2-3,9-10,17-18H2,1H3,(H,28,33)/t27-/m0/s1. The molecule has 1 aliphatic heterocycles. The highest BCUT2D eigenvalue weighted by Gasteiger charge is 2.49. The largest absolute Gasteiger partial charge is 0.351 e. The quantitative estimate of drug-likeness (QED) is 0.446. The Morgan fingerprint density at radius 1 is 1.09 bits per heavy atom. The average Bonchev–Trinajstić information content (AvgIpc) is 3.64. The molecule has 6 rings (SSSR count). The first-order chi connectivity index (χ1) is 16.6. The summed E-state index contributed by atoms with van der Waals surface area (Å²) >= 11 is 1.61. The molecular formula is C27H28N4O2S. The second-order valence-corrected chi connectivity index (χ2v) is 10.6. The van der Waals surface area contributed by atoms with Gasteiger partial charge < -0.3 is 19.4 Å². The number of para-hydroxylation sites is 1. The summed E-state index contributed by atoms with van der Waals surface area (Å²) in [4.78, 5) is 31.0. The molecule has 7 heteroatoms. The zero-order valence-corrected chi connectivity index (χ0v) is 20.1.